The van der Waals surface area contributed by atoms with Crippen LogP contribution in [0.3, 0.4) is 0 Å². The Labute approximate surface area is 98.9 Å². The molecule has 15 heavy (non-hydrogen) atoms. The first kappa shape index (κ1) is 17.4. The molecule has 0 spiro atoms. The van der Waals surface area contributed by atoms with Crippen LogP contribution in [0.2, 0.25) is 0 Å². The molecule has 0 rings (SSSR count). The standard InChI is InChI=1S/C13H28.C2H6/c1-7-13(8-2,9-3)10-12(6)11(4)5;1-2/h11-12H,7-10H2,1-6H3;1-2H3. The van der Waals surface area contributed by atoms with Crippen LogP contribution in [0.4, 0.5) is 0 Å². The molecule has 0 saturated heterocycles. The van der Waals surface area contributed by atoms with Gasteiger partial charge in [-0.05, 0) is 23.7 Å². The Morgan fingerprint density at radius 3 is 1.33 bits per heavy atom. The molecular formula is C15H34. The van der Waals surface area contributed by atoms with Gasteiger partial charge in [0.1, 0.15) is 0 Å². The largest absolute Gasteiger partial charge is 0.0683 e. The lowest BCUT2D eigenvalue weighted by atomic mass is 9.71. The second-order valence-corrected chi connectivity index (χ2v) is 4.99. The van der Waals surface area contributed by atoms with Gasteiger partial charge in [-0.3, -0.25) is 0 Å². The molecule has 0 radical (unpaired) electrons. The van der Waals surface area contributed by atoms with Crippen molar-refractivity contribution in [3.8, 4) is 0 Å². The highest BCUT2D eigenvalue weighted by Crippen LogP contribution is 2.38. The second-order valence-electron chi connectivity index (χ2n) is 4.99. The Morgan fingerprint density at radius 2 is 1.13 bits per heavy atom. The van der Waals surface area contributed by atoms with E-state index in [-0.39, 0.29) is 0 Å². The smallest absolute Gasteiger partial charge is 0.0303 e. The SMILES string of the molecule is CC.CCC(CC)(CC)CC(C)C(C)C. The molecule has 0 aromatic rings. The van der Waals surface area contributed by atoms with Gasteiger partial charge in [-0.2, -0.15) is 0 Å². The Morgan fingerprint density at radius 1 is 0.800 bits per heavy atom. The van der Waals surface area contributed by atoms with Crippen LogP contribution in [-0.2, 0) is 0 Å². The molecule has 94 valence electrons. The summed E-state index contributed by atoms with van der Waals surface area (Å²) in [6.07, 6.45) is 5.44. The minimum Gasteiger partial charge on any atom is -0.0683 e. The van der Waals surface area contributed by atoms with Crippen molar-refractivity contribution >= 4 is 0 Å². The van der Waals surface area contributed by atoms with Crippen LogP contribution >= 0.6 is 0 Å². The van der Waals surface area contributed by atoms with E-state index in [1.807, 2.05) is 13.8 Å². The Hall–Kier alpha value is 0. The van der Waals surface area contributed by atoms with Gasteiger partial charge in [0.05, 0.1) is 0 Å². The molecule has 0 amide bonds. The normalized spacial score (nSPS) is 13.4. The predicted molar refractivity (Wildman–Crippen MR) is 73.3 cm³/mol. The summed E-state index contributed by atoms with van der Waals surface area (Å²) >= 11 is 0. The zero-order chi connectivity index (χ0) is 12.5. The van der Waals surface area contributed by atoms with Crippen LogP contribution in [0.1, 0.15) is 81.1 Å². The summed E-state index contributed by atoms with van der Waals surface area (Å²) in [7, 11) is 0. The fourth-order valence-corrected chi connectivity index (χ4v) is 2.10. The lowest BCUT2D eigenvalue weighted by Gasteiger charge is -2.34. The Kier molecular flexibility index (Phi) is 10.7. The van der Waals surface area contributed by atoms with Gasteiger partial charge in [0, 0.05) is 0 Å². The molecule has 1 unspecified atom stereocenters. The number of rotatable bonds is 6. The molecule has 0 aromatic carbocycles. The molecule has 0 heterocycles. The highest BCUT2D eigenvalue weighted by molar-refractivity contribution is 4.78. The van der Waals surface area contributed by atoms with E-state index in [0.29, 0.717) is 5.41 Å². The maximum Gasteiger partial charge on any atom is -0.0303 e. The number of hydrogen-bond donors (Lipinski definition) is 0. The summed E-state index contributed by atoms with van der Waals surface area (Å²) in [6.45, 7) is 18.1. The first-order valence-corrected chi connectivity index (χ1v) is 7.01. The topological polar surface area (TPSA) is 0 Å². The Balaban J connectivity index is 0. The van der Waals surface area contributed by atoms with E-state index >= 15 is 0 Å². The molecule has 0 fully saturated rings. The zero-order valence-corrected chi connectivity index (χ0v) is 12.5. The maximum absolute atomic E-state index is 2.40. The first-order chi connectivity index (χ1) is 7.01. The van der Waals surface area contributed by atoms with Gasteiger partial charge < -0.3 is 0 Å². The fraction of sp³-hybridized carbons (Fsp3) is 1.00. The van der Waals surface area contributed by atoms with Gasteiger partial charge in [0.25, 0.3) is 0 Å². The summed E-state index contributed by atoms with van der Waals surface area (Å²) in [6, 6.07) is 0. The summed E-state index contributed by atoms with van der Waals surface area (Å²) in [5.41, 5.74) is 0.629. The third-order valence-electron chi connectivity index (χ3n) is 4.14. The average Bonchev–Trinajstić information content (AvgIpc) is 2.28. The second kappa shape index (κ2) is 9.24. The third kappa shape index (κ3) is 6.22. The molecule has 0 aliphatic carbocycles. The number of hydrogen-bond acceptors (Lipinski definition) is 0. The van der Waals surface area contributed by atoms with Crippen molar-refractivity contribution in [1.82, 2.24) is 0 Å². The molecule has 0 nitrogen and oxygen atoms in total. The lowest BCUT2D eigenvalue weighted by Crippen LogP contribution is -2.23. The molecular weight excluding hydrogens is 180 g/mol. The van der Waals surface area contributed by atoms with Gasteiger partial charge in [0.15, 0.2) is 0 Å². The molecule has 0 N–H and O–H groups in total. The quantitative estimate of drug-likeness (QED) is 0.515. The summed E-state index contributed by atoms with van der Waals surface area (Å²) < 4.78 is 0. The zero-order valence-electron chi connectivity index (χ0n) is 12.5. The molecule has 1 atom stereocenters. The van der Waals surface area contributed by atoms with Gasteiger partial charge in [0.2, 0.25) is 0 Å². The molecule has 0 bridgehead atoms. The van der Waals surface area contributed by atoms with Crippen LogP contribution in [0.15, 0.2) is 0 Å². The van der Waals surface area contributed by atoms with E-state index in [4.69, 9.17) is 0 Å². The van der Waals surface area contributed by atoms with E-state index in [9.17, 15) is 0 Å². The van der Waals surface area contributed by atoms with Gasteiger partial charge >= 0.3 is 0 Å². The minimum absolute atomic E-state index is 0.629. The highest BCUT2D eigenvalue weighted by Gasteiger charge is 2.26. The van der Waals surface area contributed by atoms with Crippen molar-refractivity contribution in [3.05, 3.63) is 0 Å². The molecule has 0 heteroatoms. The van der Waals surface area contributed by atoms with Crippen molar-refractivity contribution in [2.24, 2.45) is 17.3 Å². The van der Waals surface area contributed by atoms with Crippen molar-refractivity contribution in [3.63, 3.8) is 0 Å². The van der Waals surface area contributed by atoms with Crippen molar-refractivity contribution in [2.45, 2.75) is 81.1 Å². The van der Waals surface area contributed by atoms with Gasteiger partial charge in [-0.1, -0.05) is 74.7 Å². The van der Waals surface area contributed by atoms with E-state index in [1.165, 1.54) is 25.7 Å². The lowest BCUT2D eigenvalue weighted by molar-refractivity contribution is 0.170. The third-order valence-corrected chi connectivity index (χ3v) is 4.14. The van der Waals surface area contributed by atoms with Gasteiger partial charge in [-0.25, -0.2) is 0 Å². The minimum atomic E-state index is 0.629. The van der Waals surface area contributed by atoms with Gasteiger partial charge in [-0.15, -0.1) is 0 Å². The van der Waals surface area contributed by atoms with E-state index in [0.717, 1.165) is 11.8 Å². The predicted octanol–water partition coefficient (Wildman–Crippen LogP) is 5.91. The Bertz CT molecular complexity index is 112. The van der Waals surface area contributed by atoms with Crippen LogP contribution < -0.4 is 0 Å². The molecule has 0 aromatic heterocycles. The van der Waals surface area contributed by atoms with Crippen LogP contribution in [0.25, 0.3) is 0 Å². The van der Waals surface area contributed by atoms with E-state index < -0.39 is 0 Å². The van der Waals surface area contributed by atoms with Crippen LogP contribution in [0.5, 0.6) is 0 Å². The van der Waals surface area contributed by atoms with Crippen molar-refractivity contribution in [2.75, 3.05) is 0 Å². The fourth-order valence-electron chi connectivity index (χ4n) is 2.10. The molecule has 0 saturated carbocycles. The monoisotopic (exact) mass is 214 g/mol. The highest BCUT2D eigenvalue weighted by atomic mass is 14.3. The summed E-state index contributed by atoms with van der Waals surface area (Å²) in [5.74, 6) is 1.71. The average molecular weight is 214 g/mol. The summed E-state index contributed by atoms with van der Waals surface area (Å²) in [4.78, 5) is 0. The first-order valence-electron chi connectivity index (χ1n) is 7.01. The molecule has 0 aliphatic rings. The molecule has 0 aliphatic heterocycles. The maximum atomic E-state index is 2.40. The van der Waals surface area contributed by atoms with Crippen molar-refractivity contribution < 1.29 is 0 Å². The van der Waals surface area contributed by atoms with Crippen molar-refractivity contribution in [1.29, 1.82) is 0 Å². The van der Waals surface area contributed by atoms with E-state index in [1.54, 1.807) is 0 Å². The van der Waals surface area contributed by atoms with E-state index in [2.05, 4.69) is 41.5 Å². The van der Waals surface area contributed by atoms with Crippen LogP contribution in [-0.4, -0.2) is 0 Å². The summed E-state index contributed by atoms with van der Waals surface area (Å²) in [5, 5.41) is 0. The van der Waals surface area contributed by atoms with Crippen LogP contribution in [0, 0.1) is 17.3 Å².